The summed E-state index contributed by atoms with van der Waals surface area (Å²) in [5.74, 6) is -0.821. The van der Waals surface area contributed by atoms with Crippen LogP contribution in [0.15, 0.2) is 48.5 Å². The van der Waals surface area contributed by atoms with Crippen molar-refractivity contribution >= 4 is 11.9 Å². The van der Waals surface area contributed by atoms with E-state index >= 15 is 0 Å². The maximum atomic E-state index is 12.6. The Morgan fingerprint density at radius 3 is 1.52 bits per heavy atom. The molecule has 0 fully saturated rings. The summed E-state index contributed by atoms with van der Waals surface area (Å²) >= 11 is 0. The van der Waals surface area contributed by atoms with E-state index in [2.05, 4.69) is 13.8 Å². The van der Waals surface area contributed by atoms with E-state index in [1.165, 1.54) is 11.1 Å². The van der Waals surface area contributed by atoms with Crippen LogP contribution in [0.3, 0.4) is 0 Å². The van der Waals surface area contributed by atoms with Gasteiger partial charge in [0, 0.05) is 5.92 Å². The third-order valence-electron chi connectivity index (χ3n) is 5.74. The first-order valence-corrected chi connectivity index (χ1v) is 11.5. The zero-order chi connectivity index (χ0) is 22.8. The first kappa shape index (κ1) is 24.6. The number of esters is 2. The smallest absolute Gasteiger partial charge is 0.338 e. The molecule has 0 aliphatic carbocycles. The maximum Gasteiger partial charge on any atom is 0.338 e. The van der Waals surface area contributed by atoms with Crippen molar-refractivity contribution in [3.05, 3.63) is 70.8 Å². The topological polar surface area (TPSA) is 52.6 Å². The van der Waals surface area contributed by atoms with E-state index in [4.69, 9.17) is 9.47 Å². The fourth-order valence-corrected chi connectivity index (χ4v) is 3.61. The lowest BCUT2D eigenvalue weighted by Crippen LogP contribution is -2.34. The lowest BCUT2D eigenvalue weighted by atomic mass is 9.96. The number of hydrogen-bond donors (Lipinski definition) is 0. The maximum absolute atomic E-state index is 12.6. The Kier molecular flexibility index (Phi) is 9.77. The first-order valence-electron chi connectivity index (χ1n) is 11.5. The average Bonchev–Trinajstić information content (AvgIpc) is 2.78. The average molecular weight is 425 g/mol. The largest absolute Gasteiger partial charge is 0.459 e. The first-order chi connectivity index (χ1) is 14.9. The number of benzene rings is 2. The Bertz CT molecular complexity index is 823. The zero-order valence-electron chi connectivity index (χ0n) is 19.5. The number of rotatable bonds is 11. The number of carbonyl (C=O) groups excluding carboxylic acids is 2. The van der Waals surface area contributed by atoms with Crippen LogP contribution in [0.25, 0.3) is 0 Å². The number of carbonyl (C=O) groups is 2. The molecule has 2 rings (SSSR count). The summed E-state index contributed by atoms with van der Waals surface area (Å²) in [5, 5.41) is 0. The molecule has 0 N–H and O–H groups in total. The van der Waals surface area contributed by atoms with Gasteiger partial charge in [0.2, 0.25) is 0 Å². The SMILES string of the molecule is CCCc1ccc(C(=O)OC(C)C(C)C(CC)OC(=O)c2ccc(CCC)cc2)cc1. The van der Waals surface area contributed by atoms with Gasteiger partial charge >= 0.3 is 11.9 Å². The summed E-state index contributed by atoms with van der Waals surface area (Å²) in [6.45, 7) is 10.0. The van der Waals surface area contributed by atoms with Crippen LogP contribution in [0, 0.1) is 5.92 Å². The van der Waals surface area contributed by atoms with Gasteiger partial charge in [-0.25, -0.2) is 9.59 Å². The second-order valence-corrected chi connectivity index (χ2v) is 8.22. The Morgan fingerprint density at radius 2 is 1.13 bits per heavy atom. The van der Waals surface area contributed by atoms with Crippen LogP contribution in [-0.2, 0) is 22.3 Å². The van der Waals surface area contributed by atoms with Crippen LogP contribution >= 0.6 is 0 Å². The summed E-state index contributed by atoms with van der Waals surface area (Å²) < 4.78 is 11.4. The highest BCUT2D eigenvalue weighted by molar-refractivity contribution is 5.90. The van der Waals surface area contributed by atoms with Crippen molar-refractivity contribution in [1.29, 1.82) is 0 Å². The fraction of sp³-hybridized carbons (Fsp3) is 0.481. The molecule has 0 saturated carbocycles. The van der Waals surface area contributed by atoms with E-state index in [9.17, 15) is 9.59 Å². The highest BCUT2D eigenvalue weighted by Gasteiger charge is 2.28. The van der Waals surface area contributed by atoms with E-state index < -0.39 is 0 Å². The van der Waals surface area contributed by atoms with Crippen molar-refractivity contribution in [2.24, 2.45) is 5.92 Å². The Balaban J connectivity index is 1.95. The molecule has 0 saturated heterocycles. The van der Waals surface area contributed by atoms with Crippen molar-refractivity contribution in [2.75, 3.05) is 0 Å². The van der Waals surface area contributed by atoms with Gasteiger partial charge in [0.15, 0.2) is 0 Å². The second kappa shape index (κ2) is 12.3. The Morgan fingerprint density at radius 1 is 0.710 bits per heavy atom. The minimum Gasteiger partial charge on any atom is -0.459 e. The summed E-state index contributed by atoms with van der Waals surface area (Å²) in [6, 6.07) is 15.1. The molecule has 0 heterocycles. The minimum absolute atomic E-state index is 0.128. The molecule has 0 amide bonds. The predicted molar refractivity (Wildman–Crippen MR) is 124 cm³/mol. The molecule has 0 spiro atoms. The van der Waals surface area contributed by atoms with Crippen molar-refractivity contribution in [3.8, 4) is 0 Å². The van der Waals surface area contributed by atoms with Gasteiger partial charge in [-0.05, 0) is 61.6 Å². The van der Waals surface area contributed by atoms with E-state index in [1.807, 2.05) is 69.3 Å². The minimum atomic E-state index is -0.382. The van der Waals surface area contributed by atoms with Gasteiger partial charge in [-0.15, -0.1) is 0 Å². The molecule has 3 atom stereocenters. The highest BCUT2D eigenvalue weighted by Crippen LogP contribution is 2.21. The van der Waals surface area contributed by atoms with Gasteiger partial charge in [0.1, 0.15) is 12.2 Å². The predicted octanol–water partition coefficient (Wildman–Crippen LogP) is 6.41. The van der Waals surface area contributed by atoms with Gasteiger partial charge in [-0.2, -0.15) is 0 Å². The molecule has 31 heavy (non-hydrogen) atoms. The van der Waals surface area contributed by atoms with Crippen LogP contribution in [0.4, 0.5) is 0 Å². The van der Waals surface area contributed by atoms with Crippen LogP contribution in [0.2, 0.25) is 0 Å². The van der Waals surface area contributed by atoms with E-state index in [0.717, 1.165) is 25.7 Å². The van der Waals surface area contributed by atoms with Crippen molar-refractivity contribution in [1.82, 2.24) is 0 Å². The third kappa shape index (κ3) is 7.23. The van der Waals surface area contributed by atoms with Gasteiger partial charge in [-0.3, -0.25) is 0 Å². The second-order valence-electron chi connectivity index (χ2n) is 8.22. The van der Waals surface area contributed by atoms with Crippen molar-refractivity contribution < 1.29 is 19.1 Å². The molecule has 2 aromatic rings. The quantitative estimate of drug-likeness (QED) is 0.391. The van der Waals surface area contributed by atoms with Crippen molar-refractivity contribution in [3.63, 3.8) is 0 Å². The molecule has 0 aromatic heterocycles. The molecular formula is C27H36O4. The molecule has 0 aliphatic heterocycles. The van der Waals surface area contributed by atoms with Gasteiger partial charge in [0.25, 0.3) is 0 Å². The molecule has 168 valence electrons. The number of aryl methyl sites for hydroxylation is 2. The van der Waals surface area contributed by atoms with E-state index in [0.29, 0.717) is 17.5 Å². The molecule has 4 heteroatoms. The van der Waals surface area contributed by atoms with E-state index in [-0.39, 0.29) is 30.1 Å². The highest BCUT2D eigenvalue weighted by atomic mass is 16.6. The third-order valence-corrected chi connectivity index (χ3v) is 5.74. The molecule has 3 unspecified atom stereocenters. The summed E-state index contributed by atoms with van der Waals surface area (Å²) in [4.78, 5) is 25.1. The number of ether oxygens (including phenoxy) is 2. The van der Waals surface area contributed by atoms with Crippen LogP contribution in [-0.4, -0.2) is 24.1 Å². The molecule has 4 nitrogen and oxygen atoms in total. The van der Waals surface area contributed by atoms with Crippen molar-refractivity contribution in [2.45, 2.75) is 78.9 Å². The Labute approximate surface area is 187 Å². The van der Waals surface area contributed by atoms with Gasteiger partial charge in [-0.1, -0.05) is 64.8 Å². The number of hydrogen-bond acceptors (Lipinski definition) is 4. The lowest BCUT2D eigenvalue weighted by molar-refractivity contribution is -0.0238. The van der Waals surface area contributed by atoms with Crippen LogP contribution < -0.4 is 0 Å². The molecule has 0 bridgehead atoms. The normalized spacial score (nSPS) is 13.8. The molecule has 0 radical (unpaired) electrons. The van der Waals surface area contributed by atoms with Gasteiger partial charge in [0.05, 0.1) is 11.1 Å². The summed E-state index contributed by atoms with van der Waals surface area (Å²) in [6.07, 6.45) is 4.05. The van der Waals surface area contributed by atoms with Gasteiger partial charge < -0.3 is 9.47 Å². The lowest BCUT2D eigenvalue weighted by Gasteiger charge is -2.28. The fourth-order valence-electron chi connectivity index (χ4n) is 3.61. The monoisotopic (exact) mass is 424 g/mol. The van der Waals surface area contributed by atoms with Crippen LogP contribution in [0.5, 0.6) is 0 Å². The summed E-state index contributed by atoms with van der Waals surface area (Å²) in [5.41, 5.74) is 3.50. The zero-order valence-corrected chi connectivity index (χ0v) is 19.5. The molecular weight excluding hydrogens is 388 g/mol. The van der Waals surface area contributed by atoms with Crippen LogP contribution in [0.1, 0.15) is 85.7 Å². The Hall–Kier alpha value is -2.62. The standard InChI is InChI=1S/C27H36O4/c1-6-9-21-11-15-23(16-12-21)26(28)30-20(5)19(4)25(8-3)31-27(29)24-17-13-22(10-7-2)14-18-24/h11-20,25H,6-10H2,1-5H3. The molecule has 0 aliphatic rings. The summed E-state index contributed by atoms with van der Waals surface area (Å²) in [7, 11) is 0. The van der Waals surface area contributed by atoms with E-state index in [1.54, 1.807) is 0 Å². The molecule has 2 aromatic carbocycles.